The first-order chi connectivity index (χ1) is 11.4. The molecule has 0 fully saturated rings. The molecule has 2 aromatic heterocycles. The largest absolute Gasteiger partial charge is 0.399 e. The van der Waals surface area contributed by atoms with Gasteiger partial charge in [0.1, 0.15) is 0 Å². The van der Waals surface area contributed by atoms with Crippen molar-refractivity contribution in [3.8, 4) is 0 Å². The van der Waals surface area contributed by atoms with Crippen LogP contribution >= 0.6 is 0 Å². The summed E-state index contributed by atoms with van der Waals surface area (Å²) in [5.41, 5.74) is 21.1. The lowest BCUT2D eigenvalue weighted by Crippen LogP contribution is -2.17. The van der Waals surface area contributed by atoms with Gasteiger partial charge < -0.3 is 22.1 Å². The monoisotopic (exact) mass is 322 g/mol. The summed E-state index contributed by atoms with van der Waals surface area (Å²) in [6.45, 7) is 4.28. The molecular formula is C16H18N8. The molecule has 3 rings (SSSR count). The van der Waals surface area contributed by atoms with E-state index in [9.17, 15) is 0 Å². The van der Waals surface area contributed by atoms with Crippen molar-refractivity contribution in [2.24, 2.45) is 5.73 Å². The van der Waals surface area contributed by atoms with Crippen molar-refractivity contribution in [1.82, 2.24) is 19.9 Å². The number of rotatable bonds is 4. The molecule has 1 aromatic carbocycles. The van der Waals surface area contributed by atoms with Crippen LogP contribution in [0.15, 0.2) is 37.0 Å². The zero-order valence-electron chi connectivity index (χ0n) is 13.3. The van der Waals surface area contributed by atoms with Gasteiger partial charge in [-0.3, -0.25) is 0 Å². The van der Waals surface area contributed by atoms with Crippen LogP contribution in [0.25, 0.3) is 16.9 Å². The van der Waals surface area contributed by atoms with E-state index in [1.165, 1.54) is 0 Å². The minimum absolute atomic E-state index is 0.0840. The van der Waals surface area contributed by atoms with E-state index in [0.29, 0.717) is 23.4 Å². The molecule has 0 radical (unpaired) electrons. The highest BCUT2D eigenvalue weighted by atomic mass is 15.1. The standard InChI is InChI=1S/C16H18N8/c1-9(17)10-3-5-12(6-4-10)24(2)8-11-7-20-15-13(21-11)14(18)22-16(19)23-15/h3-7H,1,8,17H2,2H3,(H4,18,19,20,22,23). The van der Waals surface area contributed by atoms with Crippen LogP contribution in [-0.2, 0) is 6.54 Å². The number of fused-ring (bicyclic) bond motifs is 1. The zero-order valence-corrected chi connectivity index (χ0v) is 13.3. The summed E-state index contributed by atoms with van der Waals surface area (Å²) in [6, 6.07) is 7.80. The molecule has 0 aliphatic rings. The van der Waals surface area contributed by atoms with Crippen LogP contribution in [0.1, 0.15) is 11.3 Å². The van der Waals surface area contributed by atoms with Gasteiger partial charge in [-0.25, -0.2) is 9.97 Å². The fraction of sp³-hybridized carbons (Fsp3) is 0.125. The van der Waals surface area contributed by atoms with Gasteiger partial charge >= 0.3 is 0 Å². The molecule has 8 nitrogen and oxygen atoms in total. The Morgan fingerprint density at radius 1 is 1.12 bits per heavy atom. The lowest BCUT2D eigenvalue weighted by atomic mass is 10.1. The number of hydrogen-bond donors (Lipinski definition) is 3. The summed E-state index contributed by atoms with van der Waals surface area (Å²) in [6.07, 6.45) is 1.65. The molecule has 24 heavy (non-hydrogen) atoms. The Morgan fingerprint density at radius 3 is 2.50 bits per heavy atom. The van der Waals surface area contributed by atoms with E-state index in [1.807, 2.05) is 36.2 Å². The van der Waals surface area contributed by atoms with Crippen LogP contribution in [0, 0.1) is 0 Å². The maximum Gasteiger partial charge on any atom is 0.224 e. The van der Waals surface area contributed by atoms with E-state index in [4.69, 9.17) is 17.2 Å². The Kier molecular flexibility index (Phi) is 3.87. The van der Waals surface area contributed by atoms with Gasteiger partial charge in [0.2, 0.25) is 5.95 Å². The number of nitrogens with zero attached hydrogens (tertiary/aromatic N) is 5. The lowest BCUT2D eigenvalue weighted by molar-refractivity contribution is 0.882. The molecule has 0 aliphatic carbocycles. The van der Waals surface area contributed by atoms with Crippen molar-refractivity contribution < 1.29 is 0 Å². The molecule has 0 amide bonds. The predicted molar refractivity (Wildman–Crippen MR) is 95.7 cm³/mol. The maximum absolute atomic E-state index is 5.85. The lowest BCUT2D eigenvalue weighted by Gasteiger charge is -2.19. The molecule has 0 saturated carbocycles. The first-order valence-corrected chi connectivity index (χ1v) is 7.24. The van der Waals surface area contributed by atoms with Crippen molar-refractivity contribution in [1.29, 1.82) is 0 Å². The van der Waals surface area contributed by atoms with Gasteiger partial charge in [0.25, 0.3) is 0 Å². The molecule has 0 bridgehead atoms. The van der Waals surface area contributed by atoms with Crippen LogP contribution in [-0.4, -0.2) is 27.0 Å². The van der Waals surface area contributed by atoms with Crippen LogP contribution in [0.2, 0.25) is 0 Å². The Labute approximate surface area is 139 Å². The number of anilines is 3. The van der Waals surface area contributed by atoms with Crippen LogP contribution < -0.4 is 22.1 Å². The summed E-state index contributed by atoms with van der Waals surface area (Å²) in [4.78, 5) is 18.7. The summed E-state index contributed by atoms with van der Waals surface area (Å²) in [5.74, 6) is 0.307. The summed E-state index contributed by atoms with van der Waals surface area (Å²) in [5, 5.41) is 0. The molecule has 0 atom stereocenters. The van der Waals surface area contributed by atoms with E-state index in [2.05, 4.69) is 26.5 Å². The Morgan fingerprint density at radius 2 is 1.83 bits per heavy atom. The number of nitrogen functional groups attached to an aromatic ring is 2. The SMILES string of the molecule is C=C(N)c1ccc(N(C)Cc2cnc3nc(N)nc(N)c3n2)cc1. The minimum Gasteiger partial charge on any atom is -0.399 e. The van der Waals surface area contributed by atoms with Crippen LogP contribution in [0.5, 0.6) is 0 Å². The highest BCUT2D eigenvalue weighted by molar-refractivity contribution is 5.81. The zero-order chi connectivity index (χ0) is 17.3. The van der Waals surface area contributed by atoms with Gasteiger partial charge in [-0.05, 0) is 17.7 Å². The number of nitrogens with two attached hydrogens (primary N) is 3. The average Bonchev–Trinajstić information content (AvgIpc) is 2.55. The summed E-state index contributed by atoms with van der Waals surface area (Å²) >= 11 is 0. The Hall–Kier alpha value is -3.42. The molecule has 2 heterocycles. The third kappa shape index (κ3) is 3.02. The van der Waals surface area contributed by atoms with Crippen LogP contribution in [0.4, 0.5) is 17.5 Å². The first-order valence-electron chi connectivity index (χ1n) is 7.24. The van der Waals surface area contributed by atoms with Crippen molar-refractivity contribution in [3.05, 3.63) is 48.3 Å². The number of aromatic nitrogens is 4. The molecular weight excluding hydrogens is 304 g/mol. The van der Waals surface area contributed by atoms with E-state index in [-0.39, 0.29) is 11.8 Å². The fourth-order valence-corrected chi connectivity index (χ4v) is 2.32. The maximum atomic E-state index is 5.85. The molecule has 8 heteroatoms. The number of hydrogen-bond acceptors (Lipinski definition) is 8. The molecule has 0 unspecified atom stereocenters. The average molecular weight is 322 g/mol. The van der Waals surface area contributed by atoms with Crippen molar-refractivity contribution in [3.63, 3.8) is 0 Å². The second kappa shape index (κ2) is 5.99. The Balaban J connectivity index is 1.84. The highest BCUT2D eigenvalue weighted by Crippen LogP contribution is 2.19. The van der Waals surface area contributed by atoms with Crippen molar-refractivity contribution in [2.75, 3.05) is 23.4 Å². The smallest absolute Gasteiger partial charge is 0.224 e. The van der Waals surface area contributed by atoms with Crippen LogP contribution in [0.3, 0.4) is 0 Å². The second-order valence-corrected chi connectivity index (χ2v) is 5.43. The molecule has 6 N–H and O–H groups in total. The van der Waals surface area contributed by atoms with Gasteiger partial charge in [-0.1, -0.05) is 18.7 Å². The summed E-state index contributed by atoms with van der Waals surface area (Å²) in [7, 11) is 1.96. The minimum atomic E-state index is 0.0840. The Bertz CT molecular complexity index is 904. The fourth-order valence-electron chi connectivity index (χ4n) is 2.32. The number of benzene rings is 1. The highest BCUT2D eigenvalue weighted by Gasteiger charge is 2.09. The third-order valence-electron chi connectivity index (χ3n) is 3.58. The van der Waals surface area contributed by atoms with E-state index in [0.717, 1.165) is 16.9 Å². The molecule has 0 aliphatic heterocycles. The van der Waals surface area contributed by atoms with Gasteiger partial charge in [0, 0.05) is 18.4 Å². The normalized spacial score (nSPS) is 10.7. The van der Waals surface area contributed by atoms with E-state index < -0.39 is 0 Å². The molecule has 0 saturated heterocycles. The predicted octanol–water partition coefficient (Wildman–Crippen LogP) is 1.15. The van der Waals surface area contributed by atoms with Gasteiger partial charge in [0.05, 0.1) is 18.4 Å². The van der Waals surface area contributed by atoms with Gasteiger partial charge in [-0.2, -0.15) is 9.97 Å². The first kappa shape index (κ1) is 15.5. The molecule has 122 valence electrons. The third-order valence-corrected chi connectivity index (χ3v) is 3.58. The van der Waals surface area contributed by atoms with E-state index in [1.54, 1.807) is 6.20 Å². The topological polar surface area (TPSA) is 133 Å². The van der Waals surface area contributed by atoms with Gasteiger partial charge in [-0.15, -0.1) is 0 Å². The second-order valence-electron chi connectivity index (χ2n) is 5.43. The van der Waals surface area contributed by atoms with Crippen molar-refractivity contribution >= 4 is 34.3 Å². The van der Waals surface area contributed by atoms with Gasteiger partial charge in [0.15, 0.2) is 17.0 Å². The molecule has 0 spiro atoms. The van der Waals surface area contributed by atoms with E-state index >= 15 is 0 Å². The van der Waals surface area contributed by atoms with Crippen molar-refractivity contribution in [2.45, 2.75) is 6.54 Å². The quantitative estimate of drug-likeness (QED) is 0.651. The molecule has 3 aromatic rings. The summed E-state index contributed by atoms with van der Waals surface area (Å²) < 4.78 is 0.